The molecule has 1 aliphatic rings. The van der Waals surface area contributed by atoms with Crippen LogP contribution in [0.5, 0.6) is 5.75 Å². The molecule has 0 aromatic heterocycles. The van der Waals surface area contributed by atoms with Gasteiger partial charge in [-0.15, -0.1) is 0 Å². The van der Waals surface area contributed by atoms with Crippen LogP contribution in [0.3, 0.4) is 0 Å². The van der Waals surface area contributed by atoms with Gasteiger partial charge in [0.25, 0.3) is 5.91 Å². The number of ether oxygens (including phenoxy) is 1. The van der Waals surface area contributed by atoms with Crippen molar-refractivity contribution >= 4 is 39.0 Å². The molecular weight excluding hydrogens is 340 g/mol. The first-order valence-corrected chi connectivity index (χ1v) is 7.66. The van der Waals surface area contributed by atoms with Crippen molar-refractivity contribution in [1.82, 2.24) is 4.90 Å². The number of methoxy groups -OCH3 is 1. The zero-order valence-corrected chi connectivity index (χ0v) is 13.7. The maximum atomic E-state index is 12.6. The third-order valence-electron chi connectivity index (χ3n) is 3.25. The number of amides is 1. The van der Waals surface area contributed by atoms with Gasteiger partial charge in [0.05, 0.1) is 16.6 Å². The lowest BCUT2D eigenvalue weighted by Gasteiger charge is -2.22. The first-order valence-electron chi connectivity index (χ1n) is 6.45. The molecule has 108 valence electrons. The highest BCUT2D eigenvalue weighted by Gasteiger charge is 2.32. The summed E-state index contributed by atoms with van der Waals surface area (Å²) >= 11 is 8.30. The number of thiocarbonyl (C=S) groups is 1. The average molecular weight is 357 g/mol. The predicted molar refractivity (Wildman–Crippen MR) is 86.2 cm³/mol. The van der Waals surface area contributed by atoms with Gasteiger partial charge in [0.2, 0.25) is 0 Å². The van der Waals surface area contributed by atoms with Gasteiger partial charge in [-0.25, -0.2) is 0 Å². The molecule has 0 saturated heterocycles. The molecule has 0 bridgehead atoms. The smallest absolute Gasteiger partial charge is 0.254 e. The van der Waals surface area contributed by atoms with E-state index in [1.54, 1.807) is 25.3 Å². The molecule has 1 aromatic carbocycles. The van der Waals surface area contributed by atoms with E-state index in [1.807, 2.05) is 4.90 Å². The van der Waals surface area contributed by atoms with E-state index >= 15 is 0 Å². The maximum absolute atomic E-state index is 12.6. The number of benzene rings is 1. The van der Waals surface area contributed by atoms with Crippen LogP contribution < -0.4 is 10.5 Å². The van der Waals surface area contributed by atoms with Crippen LogP contribution in [0.1, 0.15) is 29.6 Å². The summed E-state index contributed by atoms with van der Waals surface area (Å²) in [6.45, 7) is 0.586. The number of carbonyl (C=O) groups excluding carboxylic acids is 1. The summed E-state index contributed by atoms with van der Waals surface area (Å²) in [7, 11) is 1.60. The second kappa shape index (κ2) is 6.54. The molecule has 2 rings (SSSR count). The van der Waals surface area contributed by atoms with Gasteiger partial charge in [0, 0.05) is 24.6 Å². The molecule has 2 N–H and O–H groups in total. The van der Waals surface area contributed by atoms with Crippen LogP contribution in [0, 0.1) is 0 Å². The van der Waals surface area contributed by atoms with Crippen molar-refractivity contribution in [2.75, 3.05) is 13.7 Å². The monoisotopic (exact) mass is 356 g/mol. The zero-order chi connectivity index (χ0) is 14.7. The molecule has 1 amide bonds. The Hall–Kier alpha value is -1.14. The molecule has 6 heteroatoms. The SMILES string of the molecule is COc1ccc(C(=O)N(CCC(N)=S)C2CC2)cc1Br. The Kier molecular flexibility index (Phi) is 4.99. The van der Waals surface area contributed by atoms with Gasteiger partial charge in [0.15, 0.2) is 0 Å². The van der Waals surface area contributed by atoms with E-state index in [0.717, 1.165) is 17.3 Å². The lowest BCUT2D eigenvalue weighted by Crippen LogP contribution is -2.35. The third kappa shape index (κ3) is 3.70. The molecule has 0 unspecified atom stereocenters. The fourth-order valence-electron chi connectivity index (χ4n) is 2.03. The molecule has 1 aliphatic carbocycles. The van der Waals surface area contributed by atoms with Gasteiger partial charge in [-0.05, 0) is 47.0 Å². The quantitative estimate of drug-likeness (QED) is 0.796. The van der Waals surface area contributed by atoms with Gasteiger partial charge in [-0.2, -0.15) is 0 Å². The average Bonchev–Trinajstić information content (AvgIpc) is 3.23. The summed E-state index contributed by atoms with van der Waals surface area (Å²) < 4.78 is 5.95. The summed E-state index contributed by atoms with van der Waals surface area (Å²) in [5.74, 6) is 0.731. The van der Waals surface area contributed by atoms with Gasteiger partial charge in [-0.1, -0.05) is 12.2 Å². The molecule has 4 nitrogen and oxygen atoms in total. The first kappa shape index (κ1) is 15.3. The minimum absolute atomic E-state index is 0.0205. The highest BCUT2D eigenvalue weighted by molar-refractivity contribution is 9.10. The molecule has 1 aromatic rings. The fourth-order valence-corrected chi connectivity index (χ4v) is 2.66. The van der Waals surface area contributed by atoms with Crippen LogP contribution in [0.25, 0.3) is 0 Å². The number of rotatable bonds is 6. The lowest BCUT2D eigenvalue weighted by molar-refractivity contribution is 0.0748. The summed E-state index contributed by atoms with van der Waals surface area (Å²) in [5.41, 5.74) is 6.18. The summed E-state index contributed by atoms with van der Waals surface area (Å²) in [5, 5.41) is 0. The minimum Gasteiger partial charge on any atom is -0.496 e. The molecule has 0 heterocycles. The van der Waals surface area contributed by atoms with E-state index in [1.165, 1.54) is 0 Å². The van der Waals surface area contributed by atoms with Gasteiger partial charge >= 0.3 is 0 Å². The fraction of sp³-hybridized carbons (Fsp3) is 0.429. The minimum atomic E-state index is 0.0205. The third-order valence-corrected chi connectivity index (χ3v) is 4.07. The Morgan fingerprint density at radius 3 is 2.75 bits per heavy atom. The molecule has 1 fully saturated rings. The second-order valence-electron chi connectivity index (χ2n) is 4.80. The van der Waals surface area contributed by atoms with E-state index < -0.39 is 0 Å². The van der Waals surface area contributed by atoms with Crippen LogP contribution in [-0.2, 0) is 0 Å². The van der Waals surface area contributed by atoms with Gasteiger partial charge in [0.1, 0.15) is 5.75 Å². The van der Waals surface area contributed by atoms with E-state index in [-0.39, 0.29) is 5.91 Å². The Labute approximate surface area is 132 Å². The van der Waals surface area contributed by atoms with Crippen molar-refractivity contribution in [2.45, 2.75) is 25.3 Å². The number of hydrogen-bond acceptors (Lipinski definition) is 3. The predicted octanol–water partition coefficient (Wildman–Crippen LogP) is 2.74. The first-order chi connectivity index (χ1) is 9.52. The number of hydrogen-bond donors (Lipinski definition) is 1. The van der Waals surface area contributed by atoms with Crippen molar-refractivity contribution in [2.24, 2.45) is 5.73 Å². The van der Waals surface area contributed by atoms with Crippen molar-refractivity contribution in [3.63, 3.8) is 0 Å². The highest BCUT2D eigenvalue weighted by Crippen LogP contribution is 2.30. The number of halogens is 1. The van der Waals surface area contributed by atoms with E-state index in [4.69, 9.17) is 22.7 Å². The van der Waals surface area contributed by atoms with E-state index in [2.05, 4.69) is 15.9 Å². The highest BCUT2D eigenvalue weighted by atomic mass is 79.9. The Bertz CT molecular complexity index is 532. The van der Waals surface area contributed by atoms with E-state index in [9.17, 15) is 4.79 Å². The molecule has 0 radical (unpaired) electrons. The summed E-state index contributed by atoms with van der Waals surface area (Å²) in [6, 6.07) is 5.69. The van der Waals surface area contributed by atoms with Crippen LogP contribution in [0.15, 0.2) is 22.7 Å². The largest absolute Gasteiger partial charge is 0.496 e. The zero-order valence-electron chi connectivity index (χ0n) is 11.3. The van der Waals surface area contributed by atoms with Crippen molar-refractivity contribution in [1.29, 1.82) is 0 Å². The molecule has 1 saturated carbocycles. The maximum Gasteiger partial charge on any atom is 0.254 e. The van der Waals surface area contributed by atoms with Gasteiger partial charge < -0.3 is 15.4 Å². The molecule has 20 heavy (non-hydrogen) atoms. The molecule has 0 atom stereocenters. The van der Waals surface area contributed by atoms with Crippen LogP contribution in [-0.4, -0.2) is 35.5 Å². The van der Waals surface area contributed by atoms with E-state index in [0.29, 0.717) is 35.3 Å². The van der Waals surface area contributed by atoms with Crippen molar-refractivity contribution in [3.05, 3.63) is 28.2 Å². The Morgan fingerprint density at radius 1 is 1.55 bits per heavy atom. The van der Waals surface area contributed by atoms with Crippen LogP contribution >= 0.6 is 28.1 Å². The molecule has 0 spiro atoms. The normalized spacial score (nSPS) is 13.9. The van der Waals surface area contributed by atoms with Crippen molar-refractivity contribution < 1.29 is 9.53 Å². The van der Waals surface area contributed by atoms with Crippen molar-refractivity contribution in [3.8, 4) is 5.75 Å². The number of nitrogens with zero attached hydrogens (tertiary/aromatic N) is 1. The van der Waals surface area contributed by atoms with Crippen LogP contribution in [0.4, 0.5) is 0 Å². The number of nitrogens with two attached hydrogens (primary N) is 1. The number of carbonyl (C=O) groups is 1. The van der Waals surface area contributed by atoms with Gasteiger partial charge in [-0.3, -0.25) is 4.79 Å². The molecule has 0 aliphatic heterocycles. The summed E-state index contributed by atoms with van der Waals surface area (Å²) in [6.07, 6.45) is 2.68. The van der Waals surface area contributed by atoms with Crippen LogP contribution in [0.2, 0.25) is 0 Å². The Morgan fingerprint density at radius 2 is 2.25 bits per heavy atom. The Balaban J connectivity index is 2.14. The topological polar surface area (TPSA) is 55.6 Å². The molecular formula is C14H17BrN2O2S. The standard InChI is InChI=1S/C14H17BrN2O2S/c1-19-12-5-2-9(8-11(12)15)14(18)17(10-3-4-10)7-6-13(16)20/h2,5,8,10H,3-4,6-7H2,1H3,(H2,16,20). The summed E-state index contributed by atoms with van der Waals surface area (Å²) in [4.78, 5) is 14.9. The lowest BCUT2D eigenvalue weighted by atomic mass is 10.2. The second-order valence-corrected chi connectivity index (χ2v) is 6.17.